The van der Waals surface area contributed by atoms with Crippen LogP contribution in [0.3, 0.4) is 0 Å². The van der Waals surface area contributed by atoms with Crippen LogP contribution < -0.4 is 0 Å². The molecule has 0 saturated carbocycles. The number of nitriles is 1. The summed E-state index contributed by atoms with van der Waals surface area (Å²) in [5, 5.41) is 8.92. The van der Waals surface area contributed by atoms with Crippen molar-refractivity contribution < 1.29 is 4.39 Å². The minimum absolute atomic E-state index is 0.0270. The summed E-state index contributed by atoms with van der Waals surface area (Å²) in [5.74, 6) is 0.229. The summed E-state index contributed by atoms with van der Waals surface area (Å²) in [6.45, 7) is 0. The van der Waals surface area contributed by atoms with Gasteiger partial charge in [0.05, 0.1) is 17.1 Å². The third-order valence-corrected chi connectivity index (χ3v) is 3.17. The lowest BCUT2D eigenvalue weighted by Crippen LogP contribution is -2.01. The molecule has 2 aromatic heterocycles. The molecule has 0 saturated heterocycles. The van der Waals surface area contributed by atoms with E-state index in [0.717, 1.165) is 0 Å². The van der Waals surface area contributed by atoms with Crippen LogP contribution in [0.1, 0.15) is 11.4 Å². The zero-order chi connectivity index (χ0) is 14.1. The molecule has 0 amide bonds. The summed E-state index contributed by atoms with van der Waals surface area (Å²) >= 11 is 5.91. The van der Waals surface area contributed by atoms with Crippen molar-refractivity contribution in [1.29, 1.82) is 5.26 Å². The van der Waals surface area contributed by atoms with Gasteiger partial charge in [0.2, 0.25) is 0 Å². The fourth-order valence-electron chi connectivity index (χ4n) is 2.06. The molecular weight excluding hydrogens is 279 g/mol. The third-order valence-electron chi connectivity index (χ3n) is 2.93. The summed E-state index contributed by atoms with van der Waals surface area (Å²) in [5.41, 5.74) is 1.91. The van der Waals surface area contributed by atoms with E-state index in [4.69, 9.17) is 16.9 Å². The highest BCUT2D eigenvalue weighted by Crippen LogP contribution is 2.22. The van der Waals surface area contributed by atoms with Crippen molar-refractivity contribution >= 4 is 22.8 Å². The van der Waals surface area contributed by atoms with Gasteiger partial charge in [-0.05, 0) is 30.3 Å². The Balaban J connectivity index is 2.31. The number of pyridine rings is 1. The van der Waals surface area contributed by atoms with Gasteiger partial charge in [-0.3, -0.25) is 4.57 Å². The summed E-state index contributed by atoms with van der Waals surface area (Å²) in [6.07, 6.45) is 1.65. The predicted molar refractivity (Wildman–Crippen MR) is 73.1 cm³/mol. The molecule has 0 N–H and O–H groups in total. The molecule has 2 heterocycles. The van der Waals surface area contributed by atoms with Gasteiger partial charge < -0.3 is 0 Å². The van der Waals surface area contributed by atoms with E-state index in [1.807, 2.05) is 12.1 Å². The van der Waals surface area contributed by atoms with Crippen LogP contribution in [0.2, 0.25) is 0 Å². The molecule has 0 atom stereocenters. The molecule has 0 radical (unpaired) electrons. The zero-order valence-corrected chi connectivity index (χ0v) is 11.0. The molecule has 1 aromatic carbocycles. The summed E-state index contributed by atoms with van der Waals surface area (Å²) < 4.78 is 15.1. The van der Waals surface area contributed by atoms with Gasteiger partial charge in [-0.1, -0.05) is 0 Å². The van der Waals surface area contributed by atoms with Gasteiger partial charge >= 0.3 is 0 Å². The number of alkyl halides is 1. The number of imidazole rings is 1. The van der Waals surface area contributed by atoms with Gasteiger partial charge in [0.1, 0.15) is 23.2 Å². The molecule has 6 heteroatoms. The highest BCUT2D eigenvalue weighted by molar-refractivity contribution is 6.16. The van der Waals surface area contributed by atoms with E-state index in [0.29, 0.717) is 22.7 Å². The fourth-order valence-corrected chi connectivity index (χ4v) is 2.24. The minimum Gasteiger partial charge on any atom is -0.280 e. The first-order chi connectivity index (χ1) is 9.74. The van der Waals surface area contributed by atoms with Crippen LogP contribution in [-0.4, -0.2) is 14.5 Å². The summed E-state index contributed by atoms with van der Waals surface area (Å²) in [6, 6.07) is 9.71. The number of nitrogens with zero attached hydrogens (tertiary/aromatic N) is 4. The average Bonchev–Trinajstić information content (AvgIpc) is 2.86. The number of hydrogen-bond donors (Lipinski definition) is 0. The van der Waals surface area contributed by atoms with Crippen LogP contribution >= 0.6 is 11.6 Å². The Morgan fingerprint density at radius 3 is 2.95 bits per heavy atom. The van der Waals surface area contributed by atoms with Gasteiger partial charge in [0.25, 0.3) is 0 Å². The van der Waals surface area contributed by atoms with Gasteiger partial charge in [0, 0.05) is 6.20 Å². The number of fused-ring (bicyclic) bond motifs is 1. The largest absolute Gasteiger partial charge is 0.280 e. The number of hydrogen-bond acceptors (Lipinski definition) is 3. The zero-order valence-electron chi connectivity index (χ0n) is 10.2. The van der Waals surface area contributed by atoms with Crippen molar-refractivity contribution in [2.45, 2.75) is 5.88 Å². The predicted octanol–water partition coefficient (Wildman–Crippen LogP) is 3.17. The number of halogens is 2. The second-order valence-corrected chi connectivity index (χ2v) is 4.39. The molecular formula is C14H8ClFN4. The van der Waals surface area contributed by atoms with Crippen LogP contribution in [0.5, 0.6) is 0 Å². The Hall–Kier alpha value is -2.45. The first-order valence-corrected chi connectivity index (χ1v) is 6.36. The molecule has 0 aliphatic carbocycles. The van der Waals surface area contributed by atoms with E-state index in [1.54, 1.807) is 22.9 Å². The van der Waals surface area contributed by atoms with Crippen LogP contribution in [0, 0.1) is 17.1 Å². The molecule has 0 aliphatic heterocycles. The molecule has 3 rings (SSSR count). The Morgan fingerprint density at radius 1 is 1.35 bits per heavy atom. The number of rotatable bonds is 2. The summed E-state index contributed by atoms with van der Waals surface area (Å²) in [4.78, 5) is 8.65. The van der Waals surface area contributed by atoms with Crippen molar-refractivity contribution in [2.24, 2.45) is 0 Å². The molecule has 0 spiro atoms. The van der Waals surface area contributed by atoms with E-state index in [1.165, 1.54) is 12.1 Å². The van der Waals surface area contributed by atoms with E-state index < -0.39 is 5.82 Å². The van der Waals surface area contributed by atoms with Crippen LogP contribution in [-0.2, 0) is 5.88 Å². The van der Waals surface area contributed by atoms with Crippen molar-refractivity contribution in [3.05, 3.63) is 53.7 Å². The second kappa shape index (κ2) is 4.91. The Labute approximate surface area is 119 Å². The van der Waals surface area contributed by atoms with Crippen LogP contribution in [0.25, 0.3) is 16.9 Å². The monoisotopic (exact) mass is 286 g/mol. The van der Waals surface area contributed by atoms with Gasteiger partial charge in [-0.2, -0.15) is 5.26 Å². The average molecular weight is 287 g/mol. The number of aromatic nitrogens is 3. The van der Waals surface area contributed by atoms with Crippen molar-refractivity contribution in [3.8, 4) is 11.8 Å². The SMILES string of the molecule is N#Cc1cc(-n2c(CCl)nc3cccnc32)ccc1F. The topological polar surface area (TPSA) is 54.5 Å². The van der Waals surface area contributed by atoms with E-state index >= 15 is 0 Å². The standard InChI is InChI=1S/C14H8ClFN4/c15-7-13-19-12-2-1-5-18-14(12)20(13)10-3-4-11(16)9(6-10)8-17/h1-6H,7H2. The molecule has 4 nitrogen and oxygen atoms in total. The maximum absolute atomic E-state index is 13.4. The van der Waals surface area contributed by atoms with Gasteiger partial charge in [0.15, 0.2) is 5.65 Å². The molecule has 98 valence electrons. The highest BCUT2D eigenvalue weighted by atomic mass is 35.5. The van der Waals surface area contributed by atoms with E-state index in [9.17, 15) is 4.39 Å². The molecule has 3 aromatic rings. The minimum atomic E-state index is -0.555. The molecule has 0 bridgehead atoms. The fraction of sp³-hybridized carbons (Fsp3) is 0.0714. The third kappa shape index (κ3) is 1.91. The maximum atomic E-state index is 13.4. The first-order valence-electron chi connectivity index (χ1n) is 5.83. The van der Waals surface area contributed by atoms with Crippen molar-refractivity contribution in [2.75, 3.05) is 0 Å². The van der Waals surface area contributed by atoms with Gasteiger partial charge in [-0.15, -0.1) is 11.6 Å². The Morgan fingerprint density at radius 2 is 2.20 bits per heavy atom. The molecule has 0 aliphatic rings. The molecule has 0 unspecified atom stereocenters. The smallest absolute Gasteiger partial charge is 0.164 e. The van der Waals surface area contributed by atoms with E-state index in [-0.39, 0.29) is 11.4 Å². The van der Waals surface area contributed by atoms with Gasteiger partial charge in [-0.25, -0.2) is 14.4 Å². The maximum Gasteiger partial charge on any atom is 0.164 e. The Bertz CT molecular complexity index is 835. The first kappa shape index (κ1) is 12.6. The molecule has 20 heavy (non-hydrogen) atoms. The number of benzene rings is 1. The summed E-state index contributed by atoms with van der Waals surface area (Å²) in [7, 11) is 0. The van der Waals surface area contributed by atoms with E-state index in [2.05, 4.69) is 9.97 Å². The lowest BCUT2D eigenvalue weighted by molar-refractivity contribution is 0.623. The van der Waals surface area contributed by atoms with Crippen molar-refractivity contribution in [1.82, 2.24) is 14.5 Å². The lowest BCUT2D eigenvalue weighted by atomic mass is 10.2. The highest BCUT2D eigenvalue weighted by Gasteiger charge is 2.14. The van der Waals surface area contributed by atoms with Crippen LogP contribution in [0.15, 0.2) is 36.5 Å². The normalized spacial score (nSPS) is 10.7. The van der Waals surface area contributed by atoms with Crippen LogP contribution in [0.4, 0.5) is 4.39 Å². The Kier molecular flexibility index (Phi) is 3.09. The lowest BCUT2D eigenvalue weighted by Gasteiger charge is -2.07. The quantitative estimate of drug-likeness (QED) is 0.680. The molecule has 0 fully saturated rings. The second-order valence-electron chi connectivity index (χ2n) is 4.12. The van der Waals surface area contributed by atoms with Crippen molar-refractivity contribution in [3.63, 3.8) is 0 Å².